The molecule has 0 bridgehead atoms. The Morgan fingerprint density at radius 2 is 0.767 bits per heavy atom. The fraction of sp³-hybridized carbons (Fsp3) is 0.922. The fourth-order valence-corrected chi connectivity index (χ4v) is 10.4. The third-order valence-corrected chi connectivity index (χ3v) is 15.5. The van der Waals surface area contributed by atoms with Crippen LogP contribution in [0.4, 0.5) is 0 Å². The zero-order valence-electron chi connectivity index (χ0n) is 48.2. The van der Waals surface area contributed by atoms with Crippen LogP contribution in [0.1, 0.15) is 322 Å². The summed E-state index contributed by atoms with van der Waals surface area (Å²) in [5.41, 5.74) is 0. The van der Waals surface area contributed by atoms with Gasteiger partial charge >= 0.3 is 0 Å². The highest BCUT2D eigenvalue weighted by Gasteiger charge is 2.44. The van der Waals surface area contributed by atoms with Gasteiger partial charge in [-0.05, 0) is 44.9 Å². The van der Waals surface area contributed by atoms with Gasteiger partial charge in [0.15, 0.2) is 6.29 Å². The molecule has 0 aromatic carbocycles. The van der Waals surface area contributed by atoms with Crippen molar-refractivity contribution in [1.82, 2.24) is 5.32 Å². The van der Waals surface area contributed by atoms with E-state index in [9.17, 15) is 30.3 Å². The molecule has 73 heavy (non-hydrogen) atoms. The number of hydrogen-bond donors (Lipinski definition) is 6. The second kappa shape index (κ2) is 54.0. The highest BCUT2D eigenvalue weighted by atomic mass is 16.7. The zero-order chi connectivity index (χ0) is 52.9. The number of hydrogen-bond acceptors (Lipinski definition) is 8. The Morgan fingerprint density at radius 3 is 1.11 bits per heavy atom. The molecule has 9 nitrogen and oxygen atoms in total. The summed E-state index contributed by atoms with van der Waals surface area (Å²) < 4.78 is 11.3. The molecule has 7 unspecified atom stereocenters. The van der Waals surface area contributed by atoms with E-state index >= 15 is 0 Å². The number of aliphatic hydroxyl groups excluding tert-OH is 5. The lowest BCUT2D eigenvalue weighted by atomic mass is 9.99. The number of amides is 1. The van der Waals surface area contributed by atoms with Crippen molar-refractivity contribution in [3.05, 3.63) is 24.3 Å². The molecule has 0 aromatic rings. The molecule has 0 radical (unpaired) electrons. The van der Waals surface area contributed by atoms with Crippen LogP contribution in [0.3, 0.4) is 0 Å². The van der Waals surface area contributed by atoms with E-state index in [4.69, 9.17) is 9.47 Å². The number of ether oxygens (including phenoxy) is 2. The Hall–Kier alpha value is -1.33. The molecule has 1 aliphatic rings. The summed E-state index contributed by atoms with van der Waals surface area (Å²) in [6.07, 6.45) is 62.7. The Bertz CT molecular complexity index is 1200. The highest BCUT2D eigenvalue weighted by molar-refractivity contribution is 5.76. The van der Waals surface area contributed by atoms with E-state index in [0.29, 0.717) is 6.42 Å². The van der Waals surface area contributed by atoms with E-state index in [1.165, 1.54) is 263 Å². The Labute approximate surface area is 451 Å². The summed E-state index contributed by atoms with van der Waals surface area (Å²) in [5, 5.41) is 54.6. The highest BCUT2D eigenvalue weighted by Crippen LogP contribution is 2.23. The third-order valence-electron chi connectivity index (χ3n) is 15.5. The molecular weight excluding hydrogens is 911 g/mol. The maximum atomic E-state index is 13.1. The number of unbranched alkanes of at least 4 members (excludes halogenated alkanes) is 44. The molecule has 1 rings (SSSR count). The Morgan fingerprint density at radius 1 is 0.452 bits per heavy atom. The van der Waals surface area contributed by atoms with Crippen LogP contribution in [0.2, 0.25) is 0 Å². The maximum Gasteiger partial charge on any atom is 0.220 e. The van der Waals surface area contributed by atoms with Gasteiger partial charge < -0.3 is 40.3 Å². The van der Waals surface area contributed by atoms with Crippen LogP contribution in [0.15, 0.2) is 24.3 Å². The van der Waals surface area contributed by atoms with Crippen LogP contribution in [0, 0.1) is 0 Å². The van der Waals surface area contributed by atoms with Crippen LogP contribution in [0.25, 0.3) is 0 Å². The molecule has 1 saturated heterocycles. The Balaban J connectivity index is 2.11. The quantitative estimate of drug-likeness (QED) is 0.0261. The van der Waals surface area contributed by atoms with Gasteiger partial charge in [0.1, 0.15) is 24.4 Å². The lowest BCUT2D eigenvalue weighted by molar-refractivity contribution is -0.302. The van der Waals surface area contributed by atoms with Gasteiger partial charge in [-0.25, -0.2) is 0 Å². The van der Waals surface area contributed by atoms with E-state index < -0.39 is 49.5 Å². The maximum absolute atomic E-state index is 13.1. The van der Waals surface area contributed by atoms with Crippen molar-refractivity contribution in [3.63, 3.8) is 0 Å². The van der Waals surface area contributed by atoms with E-state index in [-0.39, 0.29) is 12.5 Å². The molecule has 6 N–H and O–H groups in total. The molecule has 432 valence electrons. The lowest BCUT2D eigenvalue weighted by Crippen LogP contribution is -2.60. The summed E-state index contributed by atoms with van der Waals surface area (Å²) >= 11 is 0. The van der Waals surface area contributed by atoms with Gasteiger partial charge in [0.05, 0.1) is 25.4 Å². The topological polar surface area (TPSA) is 149 Å². The molecule has 9 heteroatoms. The van der Waals surface area contributed by atoms with E-state index in [0.717, 1.165) is 38.5 Å². The number of aliphatic hydroxyl groups is 5. The first-order valence-electron chi connectivity index (χ1n) is 32.1. The van der Waals surface area contributed by atoms with Gasteiger partial charge in [-0.1, -0.05) is 295 Å². The van der Waals surface area contributed by atoms with Crippen molar-refractivity contribution >= 4 is 5.91 Å². The van der Waals surface area contributed by atoms with Crippen LogP contribution in [-0.4, -0.2) is 87.5 Å². The van der Waals surface area contributed by atoms with Crippen molar-refractivity contribution in [2.24, 2.45) is 0 Å². The van der Waals surface area contributed by atoms with E-state index in [2.05, 4.69) is 31.3 Å². The summed E-state index contributed by atoms with van der Waals surface area (Å²) in [4.78, 5) is 13.1. The van der Waals surface area contributed by atoms with Crippen LogP contribution < -0.4 is 5.32 Å². The fourth-order valence-electron chi connectivity index (χ4n) is 10.4. The first-order chi connectivity index (χ1) is 35.8. The average Bonchev–Trinajstić information content (AvgIpc) is 3.39. The normalized spacial score (nSPS) is 19.1. The van der Waals surface area contributed by atoms with Gasteiger partial charge in [-0.2, -0.15) is 0 Å². The van der Waals surface area contributed by atoms with Gasteiger partial charge in [0, 0.05) is 6.42 Å². The molecule has 1 heterocycles. The van der Waals surface area contributed by atoms with Crippen molar-refractivity contribution in [1.29, 1.82) is 0 Å². The molecule has 0 spiro atoms. The number of carbonyl (C=O) groups excluding carboxylic acids is 1. The minimum atomic E-state index is -1.56. The van der Waals surface area contributed by atoms with E-state index in [1.807, 2.05) is 6.08 Å². The standard InChI is InChI=1S/C64H123NO8/c1-3-5-7-9-11-13-15-17-19-21-22-23-24-25-26-27-28-29-30-31-32-33-34-35-36-38-40-42-44-46-48-50-52-54-60(68)65-57(56-72-64-63(71)62(70)61(69)59(55-66)73-64)58(67)53-51-49-47-45-43-41-39-37-20-18-16-14-12-10-8-6-4-2/h25-26,51,53,57-59,61-64,66-67,69-71H,3-24,27-50,52,54-56H2,1-2H3,(H,65,68)/b26-25-,53-51+. The molecule has 0 aliphatic carbocycles. The number of nitrogens with one attached hydrogen (secondary N) is 1. The molecular formula is C64H123NO8. The molecule has 1 aliphatic heterocycles. The van der Waals surface area contributed by atoms with Gasteiger partial charge in [-0.15, -0.1) is 0 Å². The molecule has 0 saturated carbocycles. The minimum absolute atomic E-state index is 0.171. The monoisotopic (exact) mass is 1030 g/mol. The van der Waals surface area contributed by atoms with Crippen molar-refractivity contribution in [2.75, 3.05) is 13.2 Å². The smallest absolute Gasteiger partial charge is 0.220 e. The SMILES string of the molecule is CCCCCCCCCCCCCC/C=C\CCCCCCCCCCCCCCCCCCCC(=O)NC(COC1OC(CO)C(O)C(O)C1O)C(O)/C=C/CCCCCCCCCCCCCCCCC. The summed E-state index contributed by atoms with van der Waals surface area (Å²) in [5.74, 6) is -0.171. The number of rotatable bonds is 56. The van der Waals surface area contributed by atoms with Gasteiger partial charge in [0.25, 0.3) is 0 Å². The molecule has 1 amide bonds. The van der Waals surface area contributed by atoms with Gasteiger partial charge in [-0.3, -0.25) is 4.79 Å². The average molecular weight is 1030 g/mol. The third kappa shape index (κ3) is 43.4. The Kier molecular flexibility index (Phi) is 51.6. The number of allylic oxidation sites excluding steroid dienone is 3. The zero-order valence-corrected chi connectivity index (χ0v) is 48.2. The predicted octanol–water partition coefficient (Wildman–Crippen LogP) is 16.5. The number of carbonyl (C=O) groups is 1. The first-order valence-corrected chi connectivity index (χ1v) is 32.1. The minimum Gasteiger partial charge on any atom is -0.394 e. The van der Waals surface area contributed by atoms with Crippen molar-refractivity contribution in [3.8, 4) is 0 Å². The second-order valence-electron chi connectivity index (χ2n) is 22.6. The van der Waals surface area contributed by atoms with Crippen molar-refractivity contribution < 1.29 is 39.8 Å². The molecule has 1 fully saturated rings. The van der Waals surface area contributed by atoms with Crippen LogP contribution in [-0.2, 0) is 14.3 Å². The summed E-state index contributed by atoms with van der Waals surface area (Å²) in [7, 11) is 0. The lowest BCUT2D eigenvalue weighted by Gasteiger charge is -2.40. The summed E-state index contributed by atoms with van der Waals surface area (Å²) in [6.45, 7) is 3.82. The van der Waals surface area contributed by atoms with Crippen molar-refractivity contribution in [2.45, 2.75) is 365 Å². The van der Waals surface area contributed by atoms with Crippen LogP contribution in [0.5, 0.6) is 0 Å². The predicted molar refractivity (Wildman–Crippen MR) is 309 cm³/mol. The second-order valence-corrected chi connectivity index (χ2v) is 22.6. The van der Waals surface area contributed by atoms with Gasteiger partial charge in [0.2, 0.25) is 5.91 Å². The van der Waals surface area contributed by atoms with Crippen LogP contribution >= 0.6 is 0 Å². The first kappa shape index (κ1) is 69.7. The molecule has 7 atom stereocenters. The largest absolute Gasteiger partial charge is 0.394 e. The summed E-state index contributed by atoms with van der Waals surface area (Å²) in [6, 6.07) is -0.802. The van der Waals surface area contributed by atoms with E-state index in [1.54, 1.807) is 6.08 Å². The molecule has 0 aromatic heterocycles.